The minimum Gasteiger partial charge on any atom is -0.266 e. The van der Waals surface area contributed by atoms with Crippen molar-refractivity contribution < 1.29 is 4.79 Å². The summed E-state index contributed by atoms with van der Waals surface area (Å²) in [4.78, 5) is 15.1. The maximum atomic E-state index is 11.0. The quantitative estimate of drug-likeness (QED) is 0.636. The number of benzene rings is 2. The summed E-state index contributed by atoms with van der Waals surface area (Å²) in [5.74, 6) is -0.294. The summed E-state index contributed by atoms with van der Waals surface area (Å²) >= 11 is 0. The van der Waals surface area contributed by atoms with Gasteiger partial charge in [0.1, 0.15) is 0 Å². The van der Waals surface area contributed by atoms with Gasteiger partial charge in [0.05, 0.1) is 17.6 Å². The highest BCUT2D eigenvalue weighted by atomic mass is 16.1. The highest BCUT2D eigenvalue weighted by Gasteiger charge is 2.12. The summed E-state index contributed by atoms with van der Waals surface area (Å²) in [6.07, 6.45) is 1.25. The number of hydrogen-bond acceptors (Lipinski definition) is 2. The molecule has 2 aromatic carbocycles. The lowest BCUT2D eigenvalue weighted by Gasteiger charge is -2.09. The van der Waals surface area contributed by atoms with Crippen molar-refractivity contribution in [2.24, 2.45) is 4.99 Å². The third-order valence-corrected chi connectivity index (χ3v) is 2.39. The van der Waals surface area contributed by atoms with Gasteiger partial charge >= 0.3 is 0 Å². The molecule has 15 heavy (non-hydrogen) atoms. The fourth-order valence-corrected chi connectivity index (χ4v) is 1.68. The first-order valence-corrected chi connectivity index (χ1v) is 4.65. The van der Waals surface area contributed by atoms with Crippen molar-refractivity contribution in [3.05, 3.63) is 36.4 Å². The number of aliphatic imine (C=N–C) groups is 1. The first kappa shape index (κ1) is 8.17. The fraction of sp³-hybridized carbons (Fsp3) is 0. The van der Waals surface area contributed by atoms with Crippen LogP contribution in [-0.2, 0) is 4.79 Å². The maximum Gasteiger partial charge on any atom is 0.288 e. The molecule has 0 saturated carbocycles. The summed E-state index contributed by atoms with van der Waals surface area (Å²) in [6, 6.07) is 11.8. The van der Waals surface area contributed by atoms with E-state index in [0.29, 0.717) is 5.69 Å². The SMILES string of the molecule is O=C1C=Nc2cc3ccccc3cc2[N]1. The summed E-state index contributed by atoms with van der Waals surface area (Å²) in [5, 5.41) is 6.09. The number of hydrogen-bond donors (Lipinski definition) is 0. The Bertz CT molecular complexity index is 587. The zero-order chi connectivity index (χ0) is 10.3. The second-order valence-corrected chi connectivity index (χ2v) is 3.40. The number of carbonyl (C=O) groups is 1. The third kappa shape index (κ3) is 1.29. The normalized spacial score (nSPS) is 13.7. The topological polar surface area (TPSA) is 43.5 Å². The average molecular weight is 195 g/mol. The molecule has 1 aliphatic heterocycles. The molecule has 0 atom stereocenters. The Hall–Kier alpha value is -2.16. The molecular weight excluding hydrogens is 188 g/mol. The fourth-order valence-electron chi connectivity index (χ4n) is 1.68. The molecule has 0 N–H and O–H groups in total. The standard InChI is InChI=1S/C12H7N2O/c15-12-7-13-10-5-8-3-1-2-4-9(8)6-11(10)14-12/h1-7H. The highest BCUT2D eigenvalue weighted by Crippen LogP contribution is 2.32. The largest absolute Gasteiger partial charge is 0.288 e. The molecule has 0 fully saturated rings. The molecule has 1 aliphatic rings. The number of rotatable bonds is 0. The van der Waals surface area contributed by atoms with Crippen molar-refractivity contribution in [2.45, 2.75) is 0 Å². The van der Waals surface area contributed by atoms with Crippen LogP contribution in [0, 0.1) is 0 Å². The van der Waals surface area contributed by atoms with Crippen LogP contribution in [0.5, 0.6) is 0 Å². The lowest BCUT2D eigenvalue weighted by molar-refractivity contribution is -0.113. The van der Waals surface area contributed by atoms with Gasteiger partial charge in [0, 0.05) is 0 Å². The van der Waals surface area contributed by atoms with E-state index in [1.165, 1.54) is 6.21 Å². The van der Waals surface area contributed by atoms with E-state index in [2.05, 4.69) is 10.3 Å². The van der Waals surface area contributed by atoms with Gasteiger partial charge in [-0.15, -0.1) is 0 Å². The van der Waals surface area contributed by atoms with Crippen LogP contribution in [0.25, 0.3) is 10.8 Å². The van der Waals surface area contributed by atoms with Gasteiger partial charge in [0.15, 0.2) is 0 Å². The first-order valence-electron chi connectivity index (χ1n) is 4.65. The van der Waals surface area contributed by atoms with Crippen LogP contribution in [0.4, 0.5) is 11.4 Å². The first-order chi connectivity index (χ1) is 7.33. The second kappa shape index (κ2) is 2.92. The molecule has 0 bridgehead atoms. The number of fused-ring (bicyclic) bond motifs is 2. The van der Waals surface area contributed by atoms with Gasteiger partial charge in [-0.3, -0.25) is 4.79 Å². The molecule has 3 rings (SSSR count). The van der Waals surface area contributed by atoms with Crippen LogP contribution >= 0.6 is 0 Å². The van der Waals surface area contributed by atoms with E-state index in [1.54, 1.807) is 0 Å². The zero-order valence-corrected chi connectivity index (χ0v) is 7.84. The molecule has 2 aromatic rings. The van der Waals surface area contributed by atoms with E-state index in [-0.39, 0.29) is 5.91 Å². The summed E-state index contributed by atoms with van der Waals surface area (Å²) in [6.45, 7) is 0. The molecule has 0 aliphatic carbocycles. The van der Waals surface area contributed by atoms with Gasteiger partial charge in [-0.25, -0.2) is 10.3 Å². The Labute approximate surface area is 86.4 Å². The molecule has 3 heteroatoms. The number of amides is 1. The van der Waals surface area contributed by atoms with Crippen molar-refractivity contribution in [3.63, 3.8) is 0 Å². The van der Waals surface area contributed by atoms with Gasteiger partial charge in [-0.05, 0) is 22.9 Å². The Balaban J connectivity index is 2.31. The van der Waals surface area contributed by atoms with Gasteiger partial charge in [0.2, 0.25) is 0 Å². The smallest absolute Gasteiger partial charge is 0.266 e. The molecule has 0 unspecified atom stereocenters. The summed E-state index contributed by atoms with van der Waals surface area (Å²) in [7, 11) is 0. The Morgan fingerprint density at radius 2 is 1.60 bits per heavy atom. The lowest BCUT2D eigenvalue weighted by Crippen LogP contribution is -2.14. The molecule has 0 spiro atoms. The van der Waals surface area contributed by atoms with Gasteiger partial charge in [0.25, 0.3) is 5.91 Å². The van der Waals surface area contributed by atoms with Crippen LogP contribution in [0.2, 0.25) is 0 Å². The zero-order valence-electron chi connectivity index (χ0n) is 7.84. The molecule has 71 valence electrons. The second-order valence-electron chi connectivity index (χ2n) is 3.40. The molecule has 1 heterocycles. The van der Waals surface area contributed by atoms with E-state index >= 15 is 0 Å². The molecule has 0 saturated heterocycles. The Morgan fingerprint density at radius 3 is 2.33 bits per heavy atom. The van der Waals surface area contributed by atoms with E-state index in [1.807, 2.05) is 36.4 Å². The van der Waals surface area contributed by atoms with E-state index in [9.17, 15) is 4.79 Å². The van der Waals surface area contributed by atoms with Gasteiger partial charge < -0.3 is 0 Å². The van der Waals surface area contributed by atoms with Crippen LogP contribution in [0.3, 0.4) is 0 Å². The molecule has 3 nitrogen and oxygen atoms in total. The van der Waals surface area contributed by atoms with Gasteiger partial charge in [-0.1, -0.05) is 24.3 Å². The van der Waals surface area contributed by atoms with Crippen molar-refractivity contribution in [1.29, 1.82) is 0 Å². The van der Waals surface area contributed by atoms with Gasteiger partial charge in [-0.2, -0.15) is 0 Å². The minimum atomic E-state index is -0.294. The third-order valence-electron chi connectivity index (χ3n) is 2.39. The minimum absolute atomic E-state index is 0.294. The van der Waals surface area contributed by atoms with Crippen LogP contribution < -0.4 is 5.32 Å². The molecule has 1 amide bonds. The monoisotopic (exact) mass is 195 g/mol. The number of carbonyl (C=O) groups excluding carboxylic acids is 1. The highest BCUT2D eigenvalue weighted by molar-refractivity contribution is 6.29. The molecule has 0 aromatic heterocycles. The average Bonchev–Trinajstić information content (AvgIpc) is 2.26. The van der Waals surface area contributed by atoms with Crippen molar-refractivity contribution in [1.82, 2.24) is 5.32 Å². The van der Waals surface area contributed by atoms with E-state index < -0.39 is 0 Å². The Kier molecular flexibility index (Phi) is 1.59. The number of nitrogens with zero attached hydrogens (tertiary/aromatic N) is 2. The van der Waals surface area contributed by atoms with E-state index in [0.717, 1.165) is 16.5 Å². The van der Waals surface area contributed by atoms with Crippen molar-refractivity contribution in [3.8, 4) is 0 Å². The summed E-state index contributed by atoms with van der Waals surface area (Å²) < 4.78 is 0. The van der Waals surface area contributed by atoms with Crippen molar-refractivity contribution >= 4 is 34.3 Å². The lowest BCUT2D eigenvalue weighted by atomic mass is 10.1. The predicted octanol–water partition coefficient (Wildman–Crippen LogP) is 2.32. The maximum absolute atomic E-state index is 11.0. The molecular formula is C12H7N2O. The molecule has 1 radical (unpaired) electrons. The Morgan fingerprint density at radius 1 is 0.933 bits per heavy atom. The predicted molar refractivity (Wildman–Crippen MR) is 58.9 cm³/mol. The van der Waals surface area contributed by atoms with Crippen molar-refractivity contribution in [2.75, 3.05) is 0 Å². The van der Waals surface area contributed by atoms with Crippen LogP contribution in [0.15, 0.2) is 41.4 Å². The van der Waals surface area contributed by atoms with Crippen LogP contribution in [-0.4, -0.2) is 12.1 Å². The van der Waals surface area contributed by atoms with E-state index in [4.69, 9.17) is 0 Å². The summed E-state index contributed by atoms with van der Waals surface area (Å²) in [5.41, 5.74) is 1.41. The van der Waals surface area contributed by atoms with Crippen LogP contribution in [0.1, 0.15) is 0 Å².